The number of ether oxygens (including phenoxy) is 1. The lowest BCUT2D eigenvalue weighted by Crippen LogP contribution is -2.35. The second-order valence-electron chi connectivity index (χ2n) is 8.82. The molecule has 35 heavy (non-hydrogen) atoms. The Morgan fingerprint density at radius 1 is 1.03 bits per heavy atom. The maximum absolute atomic E-state index is 13.4. The van der Waals surface area contributed by atoms with Crippen molar-refractivity contribution in [1.29, 1.82) is 0 Å². The summed E-state index contributed by atoms with van der Waals surface area (Å²) in [5.41, 5.74) is 2.96. The van der Waals surface area contributed by atoms with Crippen molar-refractivity contribution >= 4 is 21.6 Å². The summed E-state index contributed by atoms with van der Waals surface area (Å²) in [6.45, 7) is 2.18. The summed E-state index contributed by atoms with van der Waals surface area (Å²) in [5, 5.41) is 2.87. The SMILES string of the molecule is CN(C)CCOc1ccc(CNC(=O)c2cccc(S(=O)(=O)N3CCCc4ccccc43)c2)cc1. The van der Waals surface area contributed by atoms with Crippen molar-refractivity contribution < 1.29 is 17.9 Å². The zero-order valence-electron chi connectivity index (χ0n) is 20.1. The molecule has 7 nitrogen and oxygen atoms in total. The van der Waals surface area contributed by atoms with E-state index in [4.69, 9.17) is 4.74 Å². The maximum Gasteiger partial charge on any atom is 0.264 e. The van der Waals surface area contributed by atoms with Gasteiger partial charge in [0.1, 0.15) is 12.4 Å². The van der Waals surface area contributed by atoms with Gasteiger partial charge in [0.15, 0.2) is 0 Å². The summed E-state index contributed by atoms with van der Waals surface area (Å²) in [6.07, 6.45) is 1.61. The molecular formula is C27H31N3O4S. The van der Waals surface area contributed by atoms with E-state index in [-0.39, 0.29) is 10.8 Å². The second kappa shape index (κ2) is 10.9. The van der Waals surface area contributed by atoms with Crippen LogP contribution in [-0.2, 0) is 23.0 Å². The van der Waals surface area contributed by atoms with E-state index in [1.165, 1.54) is 10.4 Å². The number of sulfonamides is 1. The number of para-hydroxylation sites is 1. The predicted octanol–water partition coefficient (Wildman–Crippen LogP) is 3.70. The molecule has 3 aromatic rings. The fraction of sp³-hybridized carbons (Fsp3) is 0.296. The molecule has 0 fully saturated rings. The average Bonchev–Trinajstić information content (AvgIpc) is 2.87. The highest BCUT2D eigenvalue weighted by atomic mass is 32.2. The summed E-state index contributed by atoms with van der Waals surface area (Å²) in [6, 6.07) is 21.3. The Labute approximate surface area is 207 Å². The molecule has 0 aliphatic carbocycles. The smallest absolute Gasteiger partial charge is 0.264 e. The molecule has 4 rings (SSSR count). The molecule has 3 aromatic carbocycles. The molecule has 0 radical (unpaired) electrons. The third-order valence-corrected chi connectivity index (χ3v) is 7.74. The molecule has 0 bridgehead atoms. The molecule has 0 spiro atoms. The molecular weight excluding hydrogens is 462 g/mol. The number of nitrogens with zero attached hydrogens (tertiary/aromatic N) is 2. The Hall–Kier alpha value is -3.36. The maximum atomic E-state index is 13.4. The van der Waals surface area contributed by atoms with Crippen LogP contribution in [0.3, 0.4) is 0 Å². The van der Waals surface area contributed by atoms with Crippen LogP contribution in [0.1, 0.15) is 27.9 Å². The fourth-order valence-corrected chi connectivity index (χ4v) is 5.60. The number of aryl methyl sites for hydroxylation is 1. The van der Waals surface area contributed by atoms with Gasteiger partial charge in [0.05, 0.1) is 10.6 Å². The number of hydrogen-bond donors (Lipinski definition) is 1. The zero-order chi connectivity index (χ0) is 24.8. The van der Waals surface area contributed by atoms with Crippen LogP contribution < -0.4 is 14.4 Å². The monoisotopic (exact) mass is 493 g/mol. The number of carbonyl (C=O) groups is 1. The van der Waals surface area contributed by atoms with Gasteiger partial charge in [-0.1, -0.05) is 36.4 Å². The number of carbonyl (C=O) groups excluding carboxylic acids is 1. The minimum Gasteiger partial charge on any atom is -0.492 e. The van der Waals surface area contributed by atoms with Crippen LogP contribution in [0.25, 0.3) is 0 Å². The minimum atomic E-state index is -3.78. The van der Waals surface area contributed by atoms with Crippen molar-refractivity contribution in [2.45, 2.75) is 24.3 Å². The van der Waals surface area contributed by atoms with Gasteiger partial charge in [-0.25, -0.2) is 8.42 Å². The Balaban J connectivity index is 1.41. The van der Waals surface area contributed by atoms with Gasteiger partial charge in [-0.05, 0) is 74.5 Å². The second-order valence-corrected chi connectivity index (χ2v) is 10.7. The normalized spacial score (nSPS) is 13.4. The van der Waals surface area contributed by atoms with Crippen LogP contribution in [0.15, 0.2) is 77.7 Å². The van der Waals surface area contributed by atoms with Crippen molar-refractivity contribution in [3.63, 3.8) is 0 Å². The lowest BCUT2D eigenvalue weighted by Gasteiger charge is -2.30. The summed E-state index contributed by atoms with van der Waals surface area (Å²) in [7, 11) is 0.206. The molecule has 1 aliphatic rings. The van der Waals surface area contributed by atoms with Crippen LogP contribution in [0, 0.1) is 0 Å². The molecule has 184 valence electrons. The predicted molar refractivity (Wildman–Crippen MR) is 137 cm³/mol. The van der Waals surface area contributed by atoms with Gasteiger partial charge in [0.2, 0.25) is 0 Å². The van der Waals surface area contributed by atoms with Crippen molar-refractivity contribution in [1.82, 2.24) is 10.2 Å². The first-order valence-electron chi connectivity index (χ1n) is 11.7. The Morgan fingerprint density at radius 3 is 2.57 bits per heavy atom. The van der Waals surface area contributed by atoms with E-state index in [2.05, 4.69) is 10.2 Å². The van der Waals surface area contributed by atoms with Gasteiger partial charge in [0, 0.05) is 25.2 Å². The van der Waals surface area contributed by atoms with Crippen molar-refractivity contribution in [3.05, 3.63) is 89.5 Å². The minimum absolute atomic E-state index is 0.112. The van der Waals surface area contributed by atoms with E-state index in [1.54, 1.807) is 18.2 Å². The number of likely N-dealkylation sites (N-methyl/N-ethyl adjacent to an activating group) is 1. The van der Waals surface area contributed by atoms with E-state index < -0.39 is 10.0 Å². The highest BCUT2D eigenvalue weighted by Crippen LogP contribution is 2.32. The standard InChI is InChI=1S/C27H31N3O4S/c1-29(2)17-18-34-24-14-12-21(13-15-24)20-28-27(31)23-8-5-10-25(19-23)35(32,33)30-16-6-9-22-7-3-4-11-26(22)30/h3-5,7-8,10-15,19H,6,9,16-18,20H2,1-2H3,(H,28,31). The Morgan fingerprint density at radius 2 is 1.80 bits per heavy atom. The van der Waals surface area contributed by atoms with Gasteiger partial charge in [-0.15, -0.1) is 0 Å². The first-order chi connectivity index (χ1) is 16.8. The van der Waals surface area contributed by atoms with Crippen molar-refractivity contribution in [2.75, 3.05) is 38.1 Å². The Bertz CT molecular complexity index is 1270. The number of nitrogens with one attached hydrogen (secondary N) is 1. The highest BCUT2D eigenvalue weighted by Gasteiger charge is 2.29. The van der Waals surface area contributed by atoms with Gasteiger partial charge < -0.3 is 15.0 Å². The van der Waals surface area contributed by atoms with Crippen LogP contribution in [0.4, 0.5) is 5.69 Å². The number of rotatable bonds is 9. The lowest BCUT2D eigenvalue weighted by atomic mass is 10.0. The van der Waals surface area contributed by atoms with E-state index in [1.807, 2.05) is 62.6 Å². The largest absolute Gasteiger partial charge is 0.492 e. The molecule has 0 aromatic heterocycles. The molecule has 0 saturated heterocycles. The average molecular weight is 494 g/mol. The van der Waals surface area contributed by atoms with Gasteiger partial charge >= 0.3 is 0 Å². The first kappa shape index (κ1) is 24.8. The van der Waals surface area contributed by atoms with Crippen LogP contribution in [0.2, 0.25) is 0 Å². The lowest BCUT2D eigenvalue weighted by molar-refractivity contribution is 0.0950. The van der Waals surface area contributed by atoms with Crippen molar-refractivity contribution in [2.24, 2.45) is 0 Å². The van der Waals surface area contributed by atoms with E-state index >= 15 is 0 Å². The summed E-state index contributed by atoms with van der Waals surface area (Å²) in [4.78, 5) is 15.0. The van der Waals surface area contributed by atoms with Crippen LogP contribution >= 0.6 is 0 Å². The van der Waals surface area contributed by atoms with Crippen LogP contribution in [0.5, 0.6) is 5.75 Å². The topological polar surface area (TPSA) is 79.0 Å². The Kier molecular flexibility index (Phi) is 7.73. The molecule has 1 heterocycles. The summed E-state index contributed by atoms with van der Waals surface area (Å²) in [5.74, 6) is 0.450. The molecule has 1 aliphatic heterocycles. The molecule has 8 heteroatoms. The molecule has 1 amide bonds. The van der Waals surface area contributed by atoms with Gasteiger partial charge in [-0.2, -0.15) is 0 Å². The number of fused-ring (bicyclic) bond motifs is 1. The molecule has 0 saturated carbocycles. The number of amides is 1. The zero-order valence-corrected chi connectivity index (χ0v) is 20.9. The third-order valence-electron chi connectivity index (χ3n) is 5.94. The quantitative estimate of drug-likeness (QED) is 0.492. The van der Waals surface area contributed by atoms with Crippen LogP contribution in [-0.4, -0.2) is 53.0 Å². The first-order valence-corrected chi connectivity index (χ1v) is 13.1. The number of anilines is 1. The summed E-state index contributed by atoms with van der Waals surface area (Å²) >= 11 is 0. The highest BCUT2D eigenvalue weighted by molar-refractivity contribution is 7.92. The van der Waals surface area contributed by atoms with Gasteiger partial charge in [-0.3, -0.25) is 9.10 Å². The molecule has 0 unspecified atom stereocenters. The third kappa shape index (κ3) is 6.01. The molecule has 1 N–H and O–H groups in total. The van der Waals surface area contributed by atoms with Crippen molar-refractivity contribution in [3.8, 4) is 5.75 Å². The fourth-order valence-electron chi connectivity index (χ4n) is 4.01. The number of hydrogen-bond acceptors (Lipinski definition) is 5. The molecule has 0 atom stereocenters. The van der Waals surface area contributed by atoms with E-state index in [9.17, 15) is 13.2 Å². The van der Waals surface area contributed by atoms with E-state index in [0.29, 0.717) is 30.9 Å². The van der Waals surface area contributed by atoms with Gasteiger partial charge in [0.25, 0.3) is 15.9 Å². The number of benzene rings is 3. The summed E-state index contributed by atoms with van der Waals surface area (Å²) < 4.78 is 34.0. The van der Waals surface area contributed by atoms with E-state index in [0.717, 1.165) is 36.3 Å².